The van der Waals surface area contributed by atoms with Crippen LogP contribution >= 0.6 is 11.6 Å². The summed E-state index contributed by atoms with van der Waals surface area (Å²) in [6.45, 7) is 5.22. The maximum absolute atomic E-state index is 12.3. The van der Waals surface area contributed by atoms with Gasteiger partial charge in [0.1, 0.15) is 5.84 Å². The van der Waals surface area contributed by atoms with E-state index in [2.05, 4.69) is 4.99 Å². The summed E-state index contributed by atoms with van der Waals surface area (Å²) in [5.41, 5.74) is 6.72. The summed E-state index contributed by atoms with van der Waals surface area (Å²) in [6.07, 6.45) is 0. The van der Waals surface area contributed by atoms with Gasteiger partial charge in [0, 0.05) is 13.1 Å². The summed E-state index contributed by atoms with van der Waals surface area (Å²) in [7, 11) is 0. The third-order valence-electron chi connectivity index (χ3n) is 2.59. The Bertz CT molecular complexity index is 442. The van der Waals surface area contributed by atoms with Gasteiger partial charge in [-0.25, -0.2) is 4.99 Å². The first-order chi connectivity index (χ1) is 8.63. The van der Waals surface area contributed by atoms with Gasteiger partial charge in [-0.05, 0) is 26.0 Å². The lowest BCUT2D eigenvalue weighted by Crippen LogP contribution is -2.30. The maximum Gasteiger partial charge on any atom is 0.256 e. The molecule has 1 aromatic rings. The standard InChI is InChI=1S/C13H18ClN3O/c1-3-17(4-2)13(18)10-7-5-6-8-11(10)16-12(15)9-14/h5-8H,3-4,9H2,1-2H3,(H2,15,16). The summed E-state index contributed by atoms with van der Waals surface area (Å²) in [4.78, 5) is 18.2. The third kappa shape index (κ3) is 3.47. The van der Waals surface area contributed by atoms with Crippen LogP contribution in [0.2, 0.25) is 0 Å². The summed E-state index contributed by atoms with van der Waals surface area (Å²) < 4.78 is 0. The van der Waals surface area contributed by atoms with Crippen molar-refractivity contribution in [3.63, 3.8) is 0 Å². The molecule has 1 amide bonds. The van der Waals surface area contributed by atoms with Crippen molar-refractivity contribution in [1.29, 1.82) is 0 Å². The molecule has 0 bridgehead atoms. The van der Waals surface area contributed by atoms with E-state index in [1.165, 1.54) is 0 Å². The molecule has 0 saturated heterocycles. The Hall–Kier alpha value is -1.55. The normalized spacial score (nSPS) is 11.4. The first-order valence-electron chi connectivity index (χ1n) is 5.91. The van der Waals surface area contributed by atoms with Crippen LogP contribution in [0, 0.1) is 0 Å². The average Bonchev–Trinajstić information content (AvgIpc) is 2.40. The van der Waals surface area contributed by atoms with Crippen molar-refractivity contribution in [2.75, 3.05) is 19.0 Å². The van der Waals surface area contributed by atoms with Crippen LogP contribution in [0.25, 0.3) is 0 Å². The molecule has 4 nitrogen and oxygen atoms in total. The smallest absolute Gasteiger partial charge is 0.256 e. The van der Waals surface area contributed by atoms with Crippen molar-refractivity contribution >= 4 is 29.0 Å². The summed E-state index contributed by atoms with van der Waals surface area (Å²) in [6, 6.07) is 7.14. The van der Waals surface area contributed by atoms with Gasteiger partial charge in [0.15, 0.2) is 0 Å². The zero-order valence-corrected chi connectivity index (χ0v) is 11.4. The average molecular weight is 268 g/mol. The molecule has 18 heavy (non-hydrogen) atoms. The van der Waals surface area contributed by atoms with E-state index in [-0.39, 0.29) is 11.8 Å². The highest BCUT2D eigenvalue weighted by molar-refractivity contribution is 6.28. The molecule has 0 heterocycles. The molecule has 0 radical (unpaired) electrons. The molecule has 0 aliphatic heterocycles. The zero-order chi connectivity index (χ0) is 13.5. The Labute approximate surface area is 112 Å². The highest BCUT2D eigenvalue weighted by Crippen LogP contribution is 2.20. The van der Waals surface area contributed by atoms with Crippen LogP contribution in [0.3, 0.4) is 0 Å². The largest absolute Gasteiger partial charge is 0.386 e. The molecule has 0 spiro atoms. The molecule has 98 valence electrons. The number of carbonyl (C=O) groups is 1. The van der Waals surface area contributed by atoms with Gasteiger partial charge in [-0.15, -0.1) is 11.6 Å². The molecule has 5 heteroatoms. The molecule has 0 saturated carbocycles. The van der Waals surface area contributed by atoms with E-state index < -0.39 is 0 Å². The fourth-order valence-corrected chi connectivity index (χ4v) is 1.68. The zero-order valence-electron chi connectivity index (χ0n) is 10.7. The molecule has 0 aliphatic rings. The molecular weight excluding hydrogens is 250 g/mol. The minimum Gasteiger partial charge on any atom is -0.386 e. The van der Waals surface area contributed by atoms with Crippen LogP contribution in [0.4, 0.5) is 5.69 Å². The molecular formula is C13H18ClN3O. The first kappa shape index (κ1) is 14.5. The van der Waals surface area contributed by atoms with Crippen LogP contribution in [-0.4, -0.2) is 35.6 Å². The number of rotatable bonds is 5. The van der Waals surface area contributed by atoms with E-state index >= 15 is 0 Å². The van der Waals surface area contributed by atoms with Crippen LogP contribution < -0.4 is 5.73 Å². The fraction of sp³-hybridized carbons (Fsp3) is 0.385. The van der Waals surface area contributed by atoms with Crippen LogP contribution in [0.5, 0.6) is 0 Å². The number of amidine groups is 1. The van der Waals surface area contributed by atoms with Gasteiger partial charge in [0.25, 0.3) is 5.91 Å². The Morgan fingerprint density at radius 3 is 2.50 bits per heavy atom. The second-order valence-corrected chi connectivity index (χ2v) is 4.00. The van der Waals surface area contributed by atoms with E-state index in [0.29, 0.717) is 30.2 Å². The van der Waals surface area contributed by atoms with Crippen molar-refractivity contribution in [3.8, 4) is 0 Å². The number of benzene rings is 1. The van der Waals surface area contributed by atoms with Gasteiger partial charge < -0.3 is 10.6 Å². The number of aliphatic imine (C=N–C) groups is 1. The lowest BCUT2D eigenvalue weighted by Gasteiger charge is -2.19. The highest BCUT2D eigenvalue weighted by atomic mass is 35.5. The lowest BCUT2D eigenvalue weighted by molar-refractivity contribution is 0.0774. The minimum atomic E-state index is -0.0401. The number of amides is 1. The number of halogens is 1. The third-order valence-corrected chi connectivity index (χ3v) is 2.86. The van der Waals surface area contributed by atoms with E-state index in [1.54, 1.807) is 17.0 Å². The molecule has 0 fully saturated rings. The molecule has 0 unspecified atom stereocenters. The highest BCUT2D eigenvalue weighted by Gasteiger charge is 2.15. The second-order valence-electron chi connectivity index (χ2n) is 3.73. The number of hydrogen-bond donors (Lipinski definition) is 1. The Morgan fingerprint density at radius 2 is 1.94 bits per heavy atom. The van der Waals surface area contributed by atoms with Gasteiger partial charge in [0.05, 0.1) is 17.1 Å². The van der Waals surface area contributed by atoms with E-state index in [4.69, 9.17) is 17.3 Å². The number of carbonyl (C=O) groups excluding carboxylic acids is 1. The van der Waals surface area contributed by atoms with Crippen molar-refractivity contribution in [1.82, 2.24) is 4.90 Å². The summed E-state index contributed by atoms with van der Waals surface area (Å²) in [5.74, 6) is 0.409. The second kappa shape index (κ2) is 7.01. The van der Waals surface area contributed by atoms with Crippen molar-refractivity contribution in [2.45, 2.75) is 13.8 Å². The predicted molar refractivity (Wildman–Crippen MR) is 75.7 cm³/mol. The van der Waals surface area contributed by atoms with Crippen molar-refractivity contribution < 1.29 is 4.79 Å². The first-order valence-corrected chi connectivity index (χ1v) is 6.44. The van der Waals surface area contributed by atoms with Crippen molar-refractivity contribution in [3.05, 3.63) is 29.8 Å². The van der Waals surface area contributed by atoms with Crippen LogP contribution in [0.1, 0.15) is 24.2 Å². The Balaban J connectivity index is 3.13. The Morgan fingerprint density at radius 1 is 1.33 bits per heavy atom. The Kier molecular flexibility index (Phi) is 5.65. The monoisotopic (exact) mass is 267 g/mol. The molecule has 2 N–H and O–H groups in total. The molecule has 0 aliphatic carbocycles. The van der Waals surface area contributed by atoms with Gasteiger partial charge >= 0.3 is 0 Å². The van der Waals surface area contributed by atoms with Crippen LogP contribution in [-0.2, 0) is 0 Å². The van der Waals surface area contributed by atoms with E-state index in [0.717, 1.165) is 0 Å². The van der Waals surface area contributed by atoms with E-state index in [9.17, 15) is 4.79 Å². The SMILES string of the molecule is CCN(CC)C(=O)c1ccccc1N=C(N)CCl. The van der Waals surface area contributed by atoms with Gasteiger partial charge in [-0.1, -0.05) is 12.1 Å². The number of nitrogens with zero attached hydrogens (tertiary/aromatic N) is 2. The summed E-state index contributed by atoms with van der Waals surface area (Å²) >= 11 is 5.60. The molecule has 1 aromatic carbocycles. The fourth-order valence-electron chi connectivity index (χ4n) is 1.62. The molecule has 0 atom stereocenters. The van der Waals surface area contributed by atoms with Gasteiger partial charge in [-0.3, -0.25) is 4.79 Å². The number of nitrogens with two attached hydrogens (primary N) is 1. The topological polar surface area (TPSA) is 58.7 Å². The van der Waals surface area contributed by atoms with Crippen LogP contribution in [0.15, 0.2) is 29.3 Å². The minimum absolute atomic E-state index is 0.0401. The quantitative estimate of drug-likeness (QED) is 0.506. The van der Waals surface area contributed by atoms with Crippen molar-refractivity contribution in [2.24, 2.45) is 10.7 Å². The summed E-state index contributed by atoms with van der Waals surface area (Å²) in [5, 5.41) is 0. The lowest BCUT2D eigenvalue weighted by atomic mass is 10.1. The molecule has 0 aromatic heterocycles. The van der Waals surface area contributed by atoms with Gasteiger partial charge in [-0.2, -0.15) is 0 Å². The number of para-hydroxylation sites is 1. The maximum atomic E-state index is 12.3. The number of hydrogen-bond acceptors (Lipinski definition) is 2. The van der Waals surface area contributed by atoms with Gasteiger partial charge in [0.2, 0.25) is 0 Å². The van der Waals surface area contributed by atoms with E-state index in [1.807, 2.05) is 26.0 Å². The number of alkyl halides is 1. The predicted octanol–water partition coefficient (Wildman–Crippen LogP) is 2.40. The molecule has 1 rings (SSSR count).